The van der Waals surface area contributed by atoms with Crippen molar-refractivity contribution < 1.29 is 8.42 Å². The van der Waals surface area contributed by atoms with Crippen molar-refractivity contribution in [3.05, 3.63) is 0 Å². The van der Waals surface area contributed by atoms with Crippen LogP contribution in [0.1, 0.15) is 32.1 Å². The zero-order valence-electron chi connectivity index (χ0n) is 10.1. The third kappa shape index (κ3) is 3.43. The molecule has 2 fully saturated rings. The molecule has 3 atom stereocenters. The van der Waals surface area contributed by atoms with Crippen molar-refractivity contribution in [2.75, 3.05) is 18.1 Å². The van der Waals surface area contributed by atoms with Gasteiger partial charge in [0.1, 0.15) is 0 Å². The predicted octanol–water partition coefficient (Wildman–Crippen LogP) is 1.09. The van der Waals surface area contributed by atoms with Crippen LogP contribution in [0.25, 0.3) is 0 Å². The summed E-state index contributed by atoms with van der Waals surface area (Å²) in [6, 6.07) is 2.64. The molecule has 1 aliphatic carbocycles. The van der Waals surface area contributed by atoms with E-state index in [1.165, 1.54) is 6.42 Å². The van der Waals surface area contributed by atoms with Gasteiger partial charge in [-0.3, -0.25) is 0 Å². The van der Waals surface area contributed by atoms with Crippen LogP contribution in [-0.4, -0.2) is 32.5 Å². The van der Waals surface area contributed by atoms with E-state index in [0.29, 0.717) is 11.5 Å². The molecule has 1 saturated heterocycles. The van der Waals surface area contributed by atoms with Crippen molar-refractivity contribution in [1.82, 2.24) is 5.32 Å². The Morgan fingerprint density at radius 1 is 1.24 bits per heavy atom. The summed E-state index contributed by atoms with van der Waals surface area (Å²) >= 11 is 0. The first-order chi connectivity index (χ1) is 8.11. The second-order valence-electron chi connectivity index (χ2n) is 5.30. The molecule has 0 bridgehead atoms. The Hall–Kier alpha value is -0.600. The highest BCUT2D eigenvalue weighted by atomic mass is 32.2. The van der Waals surface area contributed by atoms with Crippen LogP contribution in [0.15, 0.2) is 0 Å². The Balaban J connectivity index is 1.80. The summed E-state index contributed by atoms with van der Waals surface area (Å²) in [7, 11) is -2.77. The molecule has 0 aromatic rings. The largest absolute Gasteiger partial charge is 0.312 e. The topological polar surface area (TPSA) is 70.0 Å². The summed E-state index contributed by atoms with van der Waals surface area (Å²) in [4.78, 5) is 0. The second kappa shape index (κ2) is 5.36. The minimum Gasteiger partial charge on any atom is -0.312 e. The maximum Gasteiger partial charge on any atom is 0.150 e. The fourth-order valence-electron chi connectivity index (χ4n) is 2.88. The monoisotopic (exact) mass is 256 g/mol. The molecular weight excluding hydrogens is 236 g/mol. The van der Waals surface area contributed by atoms with Gasteiger partial charge in [0.05, 0.1) is 23.5 Å². The van der Waals surface area contributed by atoms with E-state index < -0.39 is 9.84 Å². The molecule has 0 amide bonds. The van der Waals surface area contributed by atoms with Crippen molar-refractivity contribution in [3.8, 4) is 6.07 Å². The molecule has 1 N–H and O–H groups in total. The molecule has 0 aromatic heterocycles. The summed E-state index contributed by atoms with van der Waals surface area (Å²) in [5.74, 6) is 1.03. The third-order valence-corrected chi connectivity index (χ3v) is 5.76. The van der Waals surface area contributed by atoms with Gasteiger partial charge in [0.15, 0.2) is 9.84 Å². The predicted molar refractivity (Wildman–Crippen MR) is 66.1 cm³/mol. The van der Waals surface area contributed by atoms with Crippen molar-refractivity contribution in [3.63, 3.8) is 0 Å². The minimum absolute atomic E-state index is 0.113. The molecular formula is C12H20N2O2S. The standard InChI is InChI=1S/C12H20N2O2S/c13-7-11-3-1-2-4-12(11)14-8-10-5-6-17(15,16)9-10/h10-12,14H,1-6,8-9H2. The van der Waals surface area contributed by atoms with Crippen LogP contribution in [0.2, 0.25) is 0 Å². The Bertz CT molecular complexity index is 399. The summed E-state index contributed by atoms with van der Waals surface area (Å²) < 4.78 is 22.7. The van der Waals surface area contributed by atoms with E-state index in [4.69, 9.17) is 5.26 Å². The van der Waals surface area contributed by atoms with Gasteiger partial charge in [-0.25, -0.2) is 8.42 Å². The lowest BCUT2D eigenvalue weighted by Crippen LogP contribution is -2.40. The lowest BCUT2D eigenvalue weighted by molar-refractivity contribution is 0.300. The van der Waals surface area contributed by atoms with E-state index in [0.717, 1.165) is 32.2 Å². The van der Waals surface area contributed by atoms with Crippen molar-refractivity contribution in [2.45, 2.75) is 38.1 Å². The molecule has 5 heteroatoms. The Morgan fingerprint density at radius 2 is 2.00 bits per heavy atom. The van der Waals surface area contributed by atoms with Gasteiger partial charge in [0.2, 0.25) is 0 Å². The van der Waals surface area contributed by atoms with Crippen molar-refractivity contribution in [2.24, 2.45) is 11.8 Å². The van der Waals surface area contributed by atoms with Crippen LogP contribution >= 0.6 is 0 Å². The first-order valence-electron chi connectivity index (χ1n) is 6.44. The maximum absolute atomic E-state index is 11.3. The van der Waals surface area contributed by atoms with Crippen molar-refractivity contribution >= 4 is 9.84 Å². The van der Waals surface area contributed by atoms with Gasteiger partial charge in [-0.1, -0.05) is 12.8 Å². The quantitative estimate of drug-likeness (QED) is 0.820. The van der Waals surface area contributed by atoms with Crippen molar-refractivity contribution in [1.29, 1.82) is 5.26 Å². The molecule has 0 spiro atoms. The number of hydrogen-bond acceptors (Lipinski definition) is 4. The van der Waals surface area contributed by atoms with Gasteiger partial charge >= 0.3 is 0 Å². The number of hydrogen-bond donors (Lipinski definition) is 1. The van der Waals surface area contributed by atoms with Crippen LogP contribution in [0.3, 0.4) is 0 Å². The lowest BCUT2D eigenvalue weighted by Gasteiger charge is -2.28. The summed E-state index contributed by atoms with van der Waals surface area (Å²) in [6.45, 7) is 0.752. The fourth-order valence-corrected chi connectivity index (χ4v) is 4.74. The number of nitrogens with one attached hydrogen (secondary N) is 1. The van der Waals surface area contributed by atoms with Gasteiger partial charge in [-0.2, -0.15) is 5.26 Å². The Labute approximate surface area is 103 Å². The second-order valence-corrected chi connectivity index (χ2v) is 7.53. The van der Waals surface area contributed by atoms with Gasteiger partial charge in [0, 0.05) is 6.04 Å². The Morgan fingerprint density at radius 3 is 2.65 bits per heavy atom. The molecule has 1 aliphatic heterocycles. The van der Waals surface area contributed by atoms with Crippen LogP contribution in [0.4, 0.5) is 0 Å². The average Bonchev–Trinajstić information content (AvgIpc) is 2.67. The molecule has 0 radical (unpaired) electrons. The van der Waals surface area contributed by atoms with Gasteiger partial charge in [0.25, 0.3) is 0 Å². The van der Waals surface area contributed by atoms with E-state index >= 15 is 0 Å². The minimum atomic E-state index is -2.77. The highest BCUT2D eigenvalue weighted by molar-refractivity contribution is 7.91. The fraction of sp³-hybridized carbons (Fsp3) is 0.917. The molecule has 1 heterocycles. The molecule has 1 saturated carbocycles. The molecule has 2 aliphatic rings. The highest BCUT2D eigenvalue weighted by Crippen LogP contribution is 2.25. The molecule has 4 nitrogen and oxygen atoms in total. The van der Waals surface area contributed by atoms with Crippen LogP contribution in [0.5, 0.6) is 0 Å². The van der Waals surface area contributed by atoms with E-state index in [1.54, 1.807) is 0 Å². The van der Waals surface area contributed by atoms with Gasteiger partial charge in [-0.15, -0.1) is 0 Å². The number of sulfone groups is 1. The van der Waals surface area contributed by atoms with E-state index in [1.807, 2.05) is 0 Å². The van der Waals surface area contributed by atoms with E-state index in [9.17, 15) is 8.42 Å². The molecule has 3 unspecified atom stereocenters. The van der Waals surface area contributed by atoms with Crippen LogP contribution in [0, 0.1) is 23.2 Å². The smallest absolute Gasteiger partial charge is 0.150 e. The van der Waals surface area contributed by atoms with Gasteiger partial charge in [-0.05, 0) is 31.7 Å². The van der Waals surface area contributed by atoms with E-state index in [-0.39, 0.29) is 17.9 Å². The summed E-state index contributed by atoms with van der Waals surface area (Å²) in [5.41, 5.74) is 0. The zero-order valence-corrected chi connectivity index (χ0v) is 10.9. The SMILES string of the molecule is N#CC1CCCCC1NCC1CCS(=O)(=O)C1. The molecule has 2 rings (SSSR count). The normalized spacial score (nSPS) is 36.5. The number of nitrogens with zero attached hydrogens (tertiary/aromatic N) is 1. The highest BCUT2D eigenvalue weighted by Gasteiger charge is 2.30. The summed E-state index contributed by atoms with van der Waals surface area (Å²) in [5, 5.41) is 12.5. The van der Waals surface area contributed by atoms with E-state index in [2.05, 4.69) is 11.4 Å². The van der Waals surface area contributed by atoms with Crippen LogP contribution < -0.4 is 5.32 Å². The molecule has 0 aromatic carbocycles. The third-order valence-electron chi connectivity index (χ3n) is 3.93. The maximum atomic E-state index is 11.3. The zero-order chi connectivity index (χ0) is 12.3. The summed E-state index contributed by atoms with van der Waals surface area (Å²) in [6.07, 6.45) is 5.14. The molecule has 96 valence electrons. The van der Waals surface area contributed by atoms with Crippen LogP contribution in [-0.2, 0) is 9.84 Å². The number of rotatable bonds is 3. The lowest BCUT2D eigenvalue weighted by atomic mass is 9.85. The first kappa shape index (κ1) is 12.8. The average molecular weight is 256 g/mol. The number of nitriles is 1. The Kier molecular flexibility index (Phi) is 4.05. The van der Waals surface area contributed by atoms with Gasteiger partial charge < -0.3 is 5.32 Å². The first-order valence-corrected chi connectivity index (χ1v) is 8.26. The molecule has 17 heavy (non-hydrogen) atoms.